The smallest absolute Gasteiger partial charge is 0.175 e. The summed E-state index contributed by atoms with van der Waals surface area (Å²) >= 11 is 0. The van der Waals surface area contributed by atoms with Crippen molar-refractivity contribution in [2.24, 2.45) is 0 Å². The topological polar surface area (TPSA) is 84.9 Å². The minimum atomic E-state index is -3.21. The van der Waals surface area contributed by atoms with Gasteiger partial charge in [0, 0.05) is 33.6 Å². The predicted molar refractivity (Wildman–Crippen MR) is 80.1 cm³/mol. The summed E-state index contributed by atoms with van der Waals surface area (Å²) in [4.78, 5) is 0.242. The number of rotatable bonds is 9. The first kappa shape index (κ1) is 18.1. The number of aliphatic hydroxyl groups is 1. The highest BCUT2D eigenvalue weighted by atomic mass is 32.2. The van der Waals surface area contributed by atoms with Crippen LogP contribution in [0.25, 0.3) is 0 Å². The summed E-state index contributed by atoms with van der Waals surface area (Å²) in [7, 11) is -0.00659. The highest BCUT2D eigenvalue weighted by Crippen LogP contribution is 2.15. The van der Waals surface area contributed by atoms with Gasteiger partial charge in [0.25, 0.3) is 0 Å². The summed E-state index contributed by atoms with van der Waals surface area (Å²) in [5.74, 6) is 0. The molecule has 0 saturated carbocycles. The molecule has 0 amide bonds. The third-order valence-electron chi connectivity index (χ3n) is 3.09. The number of hydrogen-bond donors (Lipinski definition) is 2. The molecule has 0 aromatic heterocycles. The Balaban J connectivity index is 2.50. The molecule has 0 saturated heterocycles. The Kier molecular flexibility index (Phi) is 7.27. The molecule has 2 unspecified atom stereocenters. The Morgan fingerprint density at radius 2 is 1.81 bits per heavy atom. The van der Waals surface area contributed by atoms with Gasteiger partial charge in [0.2, 0.25) is 0 Å². The van der Waals surface area contributed by atoms with E-state index in [1.54, 1.807) is 26.4 Å². The van der Waals surface area contributed by atoms with Crippen LogP contribution < -0.4 is 5.32 Å². The van der Waals surface area contributed by atoms with E-state index in [1.807, 2.05) is 0 Å². The molecule has 0 radical (unpaired) electrons. The molecule has 120 valence electrons. The van der Waals surface area contributed by atoms with Crippen LogP contribution in [0.2, 0.25) is 0 Å². The van der Waals surface area contributed by atoms with Crippen molar-refractivity contribution >= 4 is 9.84 Å². The second-order valence-electron chi connectivity index (χ2n) is 4.83. The normalized spacial score (nSPS) is 14.9. The van der Waals surface area contributed by atoms with Crippen LogP contribution in [-0.4, -0.2) is 59.8 Å². The van der Waals surface area contributed by atoms with Crippen molar-refractivity contribution in [2.45, 2.75) is 17.1 Å². The lowest BCUT2D eigenvalue weighted by atomic mass is 10.1. The van der Waals surface area contributed by atoms with Crippen LogP contribution in [0.15, 0.2) is 29.2 Å². The quantitative estimate of drug-likeness (QED) is 0.685. The van der Waals surface area contributed by atoms with Crippen LogP contribution >= 0.6 is 0 Å². The second kappa shape index (κ2) is 8.45. The maximum absolute atomic E-state index is 11.4. The summed E-state index contributed by atoms with van der Waals surface area (Å²) in [6.07, 6.45) is 0.370. The summed E-state index contributed by atoms with van der Waals surface area (Å²) in [6.45, 7) is 1.38. The highest BCUT2D eigenvalue weighted by molar-refractivity contribution is 7.90. The molecule has 0 aliphatic carbocycles. The van der Waals surface area contributed by atoms with E-state index >= 15 is 0 Å². The summed E-state index contributed by atoms with van der Waals surface area (Å²) < 4.78 is 32.9. The molecule has 0 bridgehead atoms. The molecule has 2 N–H and O–H groups in total. The molecular weight excluding hydrogens is 294 g/mol. The summed E-state index contributed by atoms with van der Waals surface area (Å²) in [5.41, 5.74) is 0.663. The van der Waals surface area contributed by atoms with E-state index in [4.69, 9.17) is 9.47 Å². The molecule has 0 spiro atoms. The Bertz CT molecular complexity index is 515. The molecule has 1 aromatic carbocycles. The predicted octanol–water partition coefficient (Wildman–Crippen LogP) is 0.375. The molecule has 6 nitrogen and oxygen atoms in total. The zero-order valence-electron chi connectivity index (χ0n) is 12.6. The van der Waals surface area contributed by atoms with Gasteiger partial charge in [-0.15, -0.1) is 0 Å². The fraction of sp³-hybridized carbons (Fsp3) is 0.571. The number of methoxy groups -OCH3 is 2. The Hall–Kier alpha value is -0.990. The van der Waals surface area contributed by atoms with E-state index in [-0.39, 0.29) is 11.0 Å². The molecule has 1 aromatic rings. The van der Waals surface area contributed by atoms with Crippen LogP contribution in [0.3, 0.4) is 0 Å². The van der Waals surface area contributed by atoms with Gasteiger partial charge in [-0.25, -0.2) is 8.42 Å². The van der Waals surface area contributed by atoms with Gasteiger partial charge in [-0.3, -0.25) is 0 Å². The monoisotopic (exact) mass is 317 g/mol. The maximum Gasteiger partial charge on any atom is 0.175 e. The van der Waals surface area contributed by atoms with Crippen molar-refractivity contribution in [3.8, 4) is 0 Å². The molecule has 1 rings (SSSR count). The zero-order chi connectivity index (χ0) is 15.9. The van der Waals surface area contributed by atoms with E-state index in [9.17, 15) is 13.5 Å². The van der Waals surface area contributed by atoms with E-state index < -0.39 is 15.9 Å². The van der Waals surface area contributed by atoms with Crippen LogP contribution in [0.5, 0.6) is 0 Å². The number of sulfone groups is 1. The Morgan fingerprint density at radius 1 is 1.19 bits per heavy atom. The SMILES string of the molecule is COCC(CNCC(O)c1ccc(S(C)(=O)=O)cc1)OC. The highest BCUT2D eigenvalue weighted by Gasteiger charge is 2.12. The Morgan fingerprint density at radius 3 is 2.29 bits per heavy atom. The lowest BCUT2D eigenvalue weighted by Crippen LogP contribution is -2.34. The lowest BCUT2D eigenvalue weighted by molar-refractivity contribution is 0.0270. The molecule has 0 heterocycles. The van der Waals surface area contributed by atoms with Crippen LogP contribution in [-0.2, 0) is 19.3 Å². The van der Waals surface area contributed by atoms with Gasteiger partial charge in [0.15, 0.2) is 9.84 Å². The second-order valence-corrected chi connectivity index (χ2v) is 6.84. The van der Waals surface area contributed by atoms with Crippen molar-refractivity contribution in [1.82, 2.24) is 5.32 Å². The van der Waals surface area contributed by atoms with Gasteiger partial charge in [-0.05, 0) is 17.7 Å². The van der Waals surface area contributed by atoms with Gasteiger partial charge < -0.3 is 19.9 Å². The first-order valence-corrected chi connectivity index (χ1v) is 8.48. The van der Waals surface area contributed by atoms with Crippen LogP contribution in [0.1, 0.15) is 11.7 Å². The van der Waals surface area contributed by atoms with E-state index in [2.05, 4.69) is 5.32 Å². The van der Waals surface area contributed by atoms with Crippen molar-refractivity contribution in [2.75, 3.05) is 40.2 Å². The molecule has 21 heavy (non-hydrogen) atoms. The van der Waals surface area contributed by atoms with Crippen molar-refractivity contribution in [3.05, 3.63) is 29.8 Å². The molecule has 0 aliphatic heterocycles. The van der Waals surface area contributed by atoms with Crippen LogP contribution in [0, 0.1) is 0 Å². The fourth-order valence-corrected chi connectivity index (χ4v) is 2.46. The van der Waals surface area contributed by atoms with E-state index in [1.165, 1.54) is 12.1 Å². The van der Waals surface area contributed by atoms with E-state index in [0.717, 1.165) is 6.26 Å². The molecule has 0 aliphatic rings. The summed E-state index contributed by atoms with van der Waals surface area (Å²) in [5, 5.41) is 13.1. The van der Waals surface area contributed by atoms with Gasteiger partial charge >= 0.3 is 0 Å². The lowest BCUT2D eigenvalue weighted by Gasteiger charge is -2.17. The summed E-state index contributed by atoms with van der Waals surface area (Å²) in [6, 6.07) is 6.23. The maximum atomic E-state index is 11.4. The number of hydrogen-bond acceptors (Lipinski definition) is 6. The van der Waals surface area contributed by atoms with E-state index in [0.29, 0.717) is 25.3 Å². The first-order valence-electron chi connectivity index (χ1n) is 6.59. The third kappa shape index (κ3) is 6.11. The fourth-order valence-electron chi connectivity index (χ4n) is 1.83. The zero-order valence-corrected chi connectivity index (χ0v) is 13.4. The Labute approximate surface area is 126 Å². The third-order valence-corrected chi connectivity index (χ3v) is 4.22. The largest absolute Gasteiger partial charge is 0.387 e. The number of benzene rings is 1. The first-order chi connectivity index (χ1) is 9.88. The molecule has 0 fully saturated rings. The van der Waals surface area contributed by atoms with Gasteiger partial charge in [-0.1, -0.05) is 12.1 Å². The van der Waals surface area contributed by atoms with Crippen molar-refractivity contribution in [3.63, 3.8) is 0 Å². The number of aliphatic hydroxyl groups excluding tert-OH is 1. The van der Waals surface area contributed by atoms with Crippen LogP contribution in [0.4, 0.5) is 0 Å². The minimum absolute atomic E-state index is 0.0742. The van der Waals surface area contributed by atoms with Crippen molar-refractivity contribution < 1.29 is 23.0 Å². The van der Waals surface area contributed by atoms with Crippen molar-refractivity contribution in [1.29, 1.82) is 0 Å². The van der Waals surface area contributed by atoms with Gasteiger partial charge in [0.05, 0.1) is 23.7 Å². The average Bonchev–Trinajstić information content (AvgIpc) is 2.45. The molecule has 7 heteroatoms. The van der Waals surface area contributed by atoms with Gasteiger partial charge in [-0.2, -0.15) is 0 Å². The number of ether oxygens (including phenoxy) is 2. The standard InChI is InChI=1S/C14H23NO5S/c1-19-10-12(20-2)8-15-9-14(16)11-4-6-13(7-5-11)21(3,17)18/h4-7,12,14-16H,8-10H2,1-3H3. The number of nitrogens with one attached hydrogen (secondary N) is 1. The average molecular weight is 317 g/mol. The van der Waals surface area contributed by atoms with Gasteiger partial charge in [0.1, 0.15) is 0 Å². The molecular formula is C14H23NO5S. The minimum Gasteiger partial charge on any atom is -0.387 e. The molecule has 2 atom stereocenters.